The van der Waals surface area contributed by atoms with Crippen LogP contribution in [0.3, 0.4) is 0 Å². The predicted molar refractivity (Wildman–Crippen MR) is 78.2 cm³/mol. The van der Waals surface area contributed by atoms with E-state index in [1.807, 2.05) is 18.2 Å². The lowest BCUT2D eigenvalue weighted by atomic mass is 10.2. The summed E-state index contributed by atoms with van der Waals surface area (Å²) in [6, 6.07) is 8.88. The highest BCUT2D eigenvalue weighted by atomic mass is 16.2. The number of hydrogen-bond acceptors (Lipinski definition) is 4. The van der Waals surface area contributed by atoms with E-state index in [0.29, 0.717) is 24.2 Å². The van der Waals surface area contributed by atoms with Gasteiger partial charge in [0.25, 0.3) is 5.91 Å². The minimum absolute atomic E-state index is 0.0362. The quantitative estimate of drug-likeness (QED) is 0.824. The number of carbonyl (C=O) groups excluding carboxylic acids is 1. The molecule has 1 amide bonds. The second kappa shape index (κ2) is 7.78. The van der Waals surface area contributed by atoms with Crippen LogP contribution in [0.15, 0.2) is 42.7 Å². The highest BCUT2D eigenvalue weighted by Gasteiger charge is 2.06. The van der Waals surface area contributed by atoms with Gasteiger partial charge in [-0.05, 0) is 24.3 Å². The SMILES string of the molecule is O=C(NCc1ccccn1)c1ccc(C#CCCO)cn1. The second-order valence-corrected chi connectivity index (χ2v) is 4.21. The molecule has 0 fully saturated rings. The number of nitrogens with one attached hydrogen (secondary N) is 1. The van der Waals surface area contributed by atoms with Crippen LogP contribution in [0.2, 0.25) is 0 Å². The zero-order valence-electron chi connectivity index (χ0n) is 11.4. The first-order valence-corrected chi connectivity index (χ1v) is 6.53. The summed E-state index contributed by atoms with van der Waals surface area (Å²) in [6.45, 7) is 0.397. The van der Waals surface area contributed by atoms with Crippen molar-refractivity contribution in [2.24, 2.45) is 0 Å². The maximum absolute atomic E-state index is 11.9. The number of pyridine rings is 2. The normalized spacial score (nSPS) is 9.57. The number of amides is 1. The van der Waals surface area contributed by atoms with Crippen LogP contribution in [0.1, 0.15) is 28.2 Å². The van der Waals surface area contributed by atoms with E-state index in [0.717, 1.165) is 5.69 Å². The smallest absolute Gasteiger partial charge is 0.270 e. The van der Waals surface area contributed by atoms with Crippen molar-refractivity contribution in [1.82, 2.24) is 15.3 Å². The minimum Gasteiger partial charge on any atom is -0.395 e. The van der Waals surface area contributed by atoms with Gasteiger partial charge in [0.1, 0.15) is 5.69 Å². The van der Waals surface area contributed by atoms with Crippen molar-refractivity contribution in [3.63, 3.8) is 0 Å². The van der Waals surface area contributed by atoms with Gasteiger partial charge in [-0.3, -0.25) is 9.78 Å². The Bertz CT molecular complexity index is 643. The van der Waals surface area contributed by atoms with Crippen LogP contribution in [-0.2, 0) is 6.54 Å². The molecule has 0 saturated carbocycles. The van der Waals surface area contributed by atoms with E-state index in [2.05, 4.69) is 27.1 Å². The van der Waals surface area contributed by atoms with Gasteiger partial charge in [-0.2, -0.15) is 0 Å². The summed E-state index contributed by atoms with van der Waals surface area (Å²) in [5.74, 6) is 5.40. The summed E-state index contributed by atoms with van der Waals surface area (Å²) < 4.78 is 0. The van der Waals surface area contributed by atoms with Gasteiger partial charge >= 0.3 is 0 Å². The van der Waals surface area contributed by atoms with E-state index < -0.39 is 0 Å². The number of nitrogens with zero attached hydrogens (tertiary/aromatic N) is 2. The molecular weight excluding hydrogens is 266 g/mol. The third-order valence-electron chi connectivity index (χ3n) is 2.62. The molecule has 0 aliphatic carbocycles. The Labute approximate surface area is 123 Å². The fraction of sp³-hybridized carbons (Fsp3) is 0.188. The highest BCUT2D eigenvalue weighted by Crippen LogP contribution is 2.00. The molecule has 0 unspecified atom stereocenters. The zero-order valence-corrected chi connectivity index (χ0v) is 11.4. The van der Waals surface area contributed by atoms with Crippen LogP contribution >= 0.6 is 0 Å². The molecule has 2 aromatic rings. The number of aromatic nitrogens is 2. The van der Waals surface area contributed by atoms with E-state index in [9.17, 15) is 4.79 Å². The molecule has 0 saturated heterocycles. The van der Waals surface area contributed by atoms with Crippen LogP contribution in [0.4, 0.5) is 0 Å². The third kappa shape index (κ3) is 4.71. The van der Waals surface area contributed by atoms with Crippen LogP contribution in [0, 0.1) is 11.8 Å². The number of carbonyl (C=O) groups is 1. The Morgan fingerprint density at radius 1 is 1.24 bits per heavy atom. The van der Waals surface area contributed by atoms with E-state index in [1.165, 1.54) is 0 Å². The summed E-state index contributed by atoms with van der Waals surface area (Å²) in [7, 11) is 0. The van der Waals surface area contributed by atoms with Crippen LogP contribution < -0.4 is 5.32 Å². The summed E-state index contributed by atoms with van der Waals surface area (Å²) in [5.41, 5.74) is 1.83. The van der Waals surface area contributed by atoms with Crippen LogP contribution in [-0.4, -0.2) is 27.6 Å². The van der Waals surface area contributed by atoms with Gasteiger partial charge in [-0.25, -0.2) is 4.98 Å². The topological polar surface area (TPSA) is 75.1 Å². The van der Waals surface area contributed by atoms with Gasteiger partial charge in [0.2, 0.25) is 0 Å². The van der Waals surface area contributed by atoms with Crippen molar-refractivity contribution < 1.29 is 9.90 Å². The van der Waals surface area contributed by atoms with Crippen molar-refractivity contribution in [1.29, 1.82) is 0 Å². The zero-order chi connectivity index (χ0) is 14.9. The van der Waals surface area contributed by atoms with Gasteiger partial charge in [0.15, 0.2) is 0 Å². The molecular formula is C16H15N3O2. The molecule has 2 rings (SSSR count). The molecule has 0 aromatic carbocycles. The molecule has 21 heavy (non-hydrogen) atoms. The second-order valence-electron chi connectivity index (χ2n) is 4.21. The Morgan fingerprint density at radius 3 is 2.81 bits per heavy atom. The monoisotopic (exact) mass is 281 g/mol. The van der Waals surface area contributed by atoms with E-state index in [4.69, 9.17) is 5.11 Å². The van der Waals surface area contributed by atoms with E-state index >= 15 is 0 Å². The number of rotatable bonds is 4. The summed E-state index contributed by atoms with van der Waals surface area (Å²) in [4.78, 5) is 20.1. The Kier molecular flexibility index (Phi) is 5.44. The molecule has 0 radical (unpaired) electrons. The Morgan fingerprint density at radius 2 is 2.14 bits per heavy atom. The lowest BCUT2D eigenvalue weighted by Gasteiger charge is -2.04. The predicted octanol–water partition coefficient (Wildman–Crippen LogP) is 1.14. The van der Waals surface area contributed by atoms with Crippen LogP contribution in [0.5, 0.6) is 0 Å². The molecule has 2 N–H and O–H groups in total. The maximum Gasteiger partial charge on any atom is 0.270 e. The van der Waals surface area contributed by atoms with Gasteiger partial charge in [-0.15, -0.1) is 0 Å². The van der Waals surface area contributed by atoms with Crippen molar-refractivity contribution >= 4 is 5.91 Å². The van der Waals surface area contributed by atoms with Crippen molar-refractivity contribution in [3.05, 3.63) is 59.7 Å². The summed E-state index contributed by atoms with van der Waals surface area (Å²) >= 11 is 0. The Balaban J connectivity index is 1.92. The first-order chi connectivity index (χ1) is 10.3. The lowest BCUT2D eigenvalue weighted by Crippen LogP contribution is -2.24. The fourth-order valence-electron chi connectivity index (χ4n) is 1.59. The number of aliphatic hydroxyl groups is 1. The first-order valence-electron chi connectivity index (χ1n) is 6.53. The number of hydrogen-bond donors (Lipinski definition) is 2. The van der Waals surface area contributed by atoms with Gasteiger partial charge in [0, 0.05) is 24.4 Å². The highest BCUT2D eigenvalue weighted by molar-refractivity contribution is 5.92. The molecule has 106 valence electrons. The summed E-state index contributed by atoms with van der Waals surface area (Å²) in [5, 5.41) is 11.4. The molecule has 0 atom stereocenters. The van der Waals surface area contributed by atoms with Gasteiger partial charge in [0.05, 0.1) is 18.8 Å². The van der Waals surface area contributed by atoms with Crippen molar-refractivity contribution in [2.45, 2.75) is 13.0 Å². The third-order valence-corrected chi connectivity index (χ3v) is 2.62. The average molecular weight is 281 g/mol. The van der Waals surface area contributed by atoms with E-state index in [1.54, 1.807) is 24.5 Å². The van der Waals surface area contributed by atoms with Crippen molar-refractivity contribution in [2.75, 3.05) is 6.61 Å². The Hall–Kier alpha value is -2.71. The lowest BCUT2D eigenvalue weighted by molar-refractivity contribution is 0.0945. The molecule has 5 heteroatoms. The number of aliphatic hydroxyl groups excluding tert-OH is 1. The molecule has 0 aliphatic rings. The average Bonchev–Trinajstić information content (AvgIpc) is 2.54. The van der Waals surface area contributed by atoms with Crippen LogP contribution in [0.25, 0.3) is 0 Å². The molecule has 2 heterocycles. The van der Waals surface area contributed by atoms with Gasteiger partial charge < -0.3 is 10.4 Å². The molecule has 0 aliphatic heterocycles. The standard InChI is InChI=1S/C16H15N3O2/c20-10-4-2-5-13-7-8-15(18-11-13)16(21)19-12-14-6-1-3-9-17-14/h1,3,6-9,11,20H,4,10,12H2,(H,19,21). The van der Waals surface area contributed by atoms with Crippen molar-refractivity contribution in [3.8, 4) is 11.8 Å². The summed E-state index contributed by atoms with van der Waals surface area (Å²) in [6.07, 6.45) is 3.64. The molecule has 5 nitrogen and oxygen atoms in total. The minimum atomic E-state index is -0.254. The fourth-order valence-corrected chi connectivity index (χ4v) is 1.59. The first kappa shape index (κ1) is 14.7. The largest absolute Gasteiger partial charge is 0.395 e. The molecule has 0 bridgehead atoms. The van der Waals surface area contributed by atoms with E-state index in [-0.39, 0.29) is 12.5 Å². The molecule has 2 aromatic heterocycles. The maximum atomic E-state index is 11.9. The van der Waals surface area contributed by atoms with Gasteiger partial charge in [-0.1, -0.05) is 17.9 Å². The molecule has 0 spiro atoms.